The zero-order valence-electron chi connectivity index (χ0n) is 12.3. The van der Waals surface area contributed by atoms with Crippen LogP contribution in [0.3, 0.4) is 0 Å². The van der Waals surface area contributed by atoms with Crippen LogP contribution in [0.15, 0.2) is 12.3 Å². The number of nitrogens with one attached hydrogen (secondary N) is 1. The molecule has 0 bridgehead atoms. The summed E-state index contributed by atoms with van der Waals surface area (Å²) in [4.78, 5) is 2.45. The van der Waals surface area contributed by atoms with Crippen LogP contribution in [0.25, 0.3) is 0 Å². The third-order valence-corrected chi connectivity index (χ3v) is 3.22. The summed E-state index contributed by atoms with van der Waals surface area (Å²) in [6.07, 6.45) is 3.25. The molecule has 0 aromatic carbocycles. The Balaban J connectivity index is 2.13. The molecule has 18 heavy (non-hydrogen) atoms. The molecule has 1 aromatic rings. The minimum Gasteiger partial charge on any atom is -0.311 e. The van der Waals surface area contributed by atoms with E-state index in [0.29, 0.717) is 6.04 Å². The molecule has 0 atom stereocenters. The van der Waals surface area contributed by atoms with Crippen molar-refractivity contribution in [2.75, 3.05) is 26.2 Å². The molecule has 0 aliphatic carbocycles. The number of nitrogens with zero attached hydrogens (tertiary/aromatic N) is 3. The molecule has 0 saturated heterocycles. The van der Waals surface area contributed by atoms with Gasteiger partial charge in [0.2, 0.25) is 0 Å². The van der Waals surface area contributed by atoms with E-state index >= 15 is 0 Å². The molecule has 4 nitrogen and oxygen atoms in total. The largest absolute Gasteiger partial charge is 0.311 e. The molecule has 104 valence electrons. The van der Waals surface area contributed by atoms with Crippen LogP contribution in [0.2, 0.25) is 0 Å². The maximum atomic E-state index is 4.52. The average molecular weight is 252 g/mol. The molecular formula is C14H28N4. The summed E-state index contributed by atoms with van der Waals surface area (Å²) in [7, 11) is 0. The maximum absolute atomic E-state index is 4.52. The van der Waals surface area contributed by atoms with E-state index in [9.17, 15) is 0 Å². The zero-order valence-corrected chi connectivity index (χ0v) is 12.3. The van der Waals surface area contributed by atoms with Crippen molar-refractivity contribution in [2.45, 2.75) is 46.7 Å². The highest BCUT2D eigenvalue weighted by Crippen LogP contribution is 2.03. The molecule has 0 saturated carbocycles. The molecule has 1 N–H and O–H groups in total. The van der Waals surface area contributed by atoms with Gasteiger partial charge in [0.25, 0.3) is 0 Å². The fraction of sp³-hybridized carbons (Fsp3) is 0.786. The van der Waals surface area contributed by atoms with Gasteiger partial charge in [0.05, 0.1) is 5.69 Å². The van der Waals surface area contributed by atoms with Crippen LogP contribution in [0.4, 0.5) is 0 Å². The third-order valence-electron chi connectivity index (χ3n) is 3.22. The molecular weight excluding hydrogens is 224 g/mol. The topological polar surface area (TPSA) is 33.1 Å². The second-order valence-electron chi connectivity index (χ2n) is 4.94. The van der Waals surface area contributed by atoms with Gasteiger partial charge in [-0.2, -0.15) is 5.10 Å². The van der Waals surface area contributed by atoms with Crippen LogP contribution in [0, 0.1) is 0 Å². The van der Waals surface area contributed by atoms with Gasteiger partial charge in [-0.15, -0.1) is 0 Å². The predicted molar refractivity (Wildman–Crippen MR) is 76.7 cm³/mol. The first kappa shape index (κ1) is 15.2. The summed E-state index contributed by atoms with van der Waals surface area (Å²) in [6, 6.07) is 2.54. The SMILES string of the molecule is CCN(CC)CCCNCc1ccn(C(C)C)n1. The first-order valence-electron chi connectivity index (χ1n) is 7.14. The number of hydrogen-bond acceptors (Lipinski definition) is 3. The van der Waals surface area contributed by atoms with E-state index in [0.717, 1.165) is 31.9 Å². The standard InChI is InChI=1S/C14H28N4/c1-5-17(6-2)10-7-9-15-12-14-8-11-18(16-14)13(3)4/h8,11,13,15H,5-7,9-10,12H2,1-4H3. The van der Waals surface area contributed by atoms with Gasteiger partial charge in [0.15, 0.2) is 0 Å². The van der Waals surface area contributed by atoms with Crippen LogP contribution >= 0.6 is 0 Å². The summed E-state index contributed by atoms with van der Waals surface area (Å²) in [5.74, 6) is 0. The molecule has 1 heterocycles. The van der Waals surface area contributed by atoms with E-state index in [4.69, 9.17) is 0 Å². The fourth-order valence-corrected chi connectivity index (χ4v) is 1.94. The third kappa shape index (κ3) is 5.19. The summed E-state index contributed by atoms with van der Waals surface area (Å²) in [5.41, 5.74) is 1.13. The van der Waals surface area contributed by atoms with Crippen LogP contribution in [-0.4, -0.2) is 40.9 Å². The quantitative estimate of drug-likeness (QED) is 0.685. The van der Waals surface area contributed by atoms with Crippen molar-refractivity contribution in [3.05, 3.63) is 18.0 Å². The predicted octanol–water partition coefficient (Wildman–Crippen LogP) is 2.29. The lowest BCUT2D eigenvalue weighted by molar-refractivity contribution is 0.298. The summed E-state index contributed by atoms with van der Waals surface area (Å²) >= 11 is 0. The summed E-state index contributed by atoms with van der Waals surface area (Å²) < 4.78 is 2.01. The van der Waals surface area contributed by atoms with Gasteiger partial charge >= 0.3 is 0 Å². The smallest absolute Gasteiger partial charge is 0.0762 e. The molecule has 0 aliphatic heterocycles. The van der Waals surface area contributed by atoms with Crippen molar-refractivity contribution in [2.24, 2.45) is 0 Å². The van der Waals surface area contributed by atoms with Crippen LogP contribution < -0.4 is 5.32 Å². The fourth-order valence-electron chi connectivity index (χ4n) is 1.94. The second-order valence-corrected chi connectivity index (χ2v) is 4.94. The number of rotatable bonds is 9. The highest BCUT2D eigenvalue weighted by molar-refractivity contribution is 4.98. The monoisotopic (exact) mass is 252 g/mol. The van der Waals surface area contributed by atoms with Crippen molar-refractivity contribution in [3.63, 3.8) is 0 Å². The Morgan fingerprint density at radius 3 is 2.61 bits per heavy atom. The highest BCUT2D eigenvalue weighted by Gasteiger charge is 2.02. The molecule has 4 heteroatoms. The first-order chi connectivity index (χ1) is 8.67. The van der Waals surface area contributed by atoms with Gasteiger partial charge in [-0.05, 0) is 52.5 Å². The van der Waals surface area contributed by atoms with Gasteiger partial charge < -0.3 is 10.2 Å². The Kier molecular flexibility index (Phi) is 6.98. The van der Waals surface area contributed by atoms with Crippen molar-refractivity contribution < 1.29 is 0 Å². The minimum atomic E-state index is 0.446. The van der Waals surface area contributed by atoms with E-state index in [1.165, 1.54) is 13.0 Å². The van der Waals surface area contributed by atoms with Gasteiger partial charge in [-0.3, -0.25) is 4.68 Å². The number of aromatic nitrogens is 2. The Bertz CT molecular complexity index is 315. The molecule has 0 fully saturated rings. The van der Waals surface area contributed by atoms with Crippen LogP contribution in [0.5, 0.6) is 0 Å². The van der Waals surface area contributed by atoms with E-state index in [1.54, 1.807) is 0 Å². The van der Waals surface area contributed by atoms with Crippen molar-refractivity contribution in [1.82, 2.24) is 20.0 Å². The minimum absolute atomic E-state index is 0.446. The van der Waals surface area contributed by atoms with E-state index in [-0.39, 0.29) is 0 Å². The van der Waals surface area contributed by atoms with Crippen LogP contribution in [0.1, 0.15) is 45.9 Å². The lowest BCUT2D eigenvalue weighted by Gasteiger charge is -2.17. The molecule has 1 aromatic heterocycles. The van der Waals surface area contributed by atoms with Crippen molar-refractivity contribution in [3.8, 4) is 0 Å². The summed E-state index contributed by atoms with van der Waals surface area (Å²) in [6.45, 7) is 14.1. The molecule has 0 aliphatic rings. The lowest BCUT2D eigenvalue weighted by Crippen LogP contribution is -2.27. The zero-order chi connectivity index (χ0) is 13.4. The lowest BCUT2D eigenvalue weighted by atomic mass is 10.3. The molecule has 0 spiro atoms. The van der Waals surface area contributed by atoms with Gasteiger partial charge in [-0.25, -0.2) is 0 Å². The molecule has 1 rings (SSSR count). The van der Waals surface area contributed by atoms with E-state index < -0.39 is 0 Å². The van der Waals surface area contributed by atoms with Crippen LogP contribution in [-0.2, 0) is 6.54 Å². The van der Waals surface area contributed by atoms with Gasteiger partial charge in [0.1, 0.15) is 0 Å². The second kappa shape index (κ2) is 8.27. The average Bonchev–Trinajstić information content (AvgIpc) is 2.83. The van der Waals surface area contributed by atoms with E-state index in [1.807, 2.05) is 4.68 Å². The van der Waals surface area contributed by atoms with Gasteiger partial charge in [-0.1, -0.05) is 13.8 Å². The molecule has 0 unspecified atom stereocenters. The van der Waals surface area contributed by atoms with Crippen molar-refractivity contribution >= 4 is 0 Å². The number of hydrogen-bond donors (Lipinski definition) is 1. The van der Waals surface area contributed by atoms with Crippen molar-refractivity contribution in [1.29, 1.82) is 0 Å². The summed E-state index contributed by atoms with van der Waals surface area (Å²) in [5, 5.41) is 7.97. The maximum Gasteiger partial charge on any atom is 0.0762 e. The Hall–Kier alpha value is -0.870. The van der Waals surface area contributed by atoms with Gasteiger partial charge in [0, 0.05) is 18.8 Å². The Morgan fingerprint density at radius 1 is 1.33 bits per heavy atom. The first-order valence-corrected chi connectivity index (χ1v) is 7.14. The normalized spacial score (nSPS) is 11.7. The molecule has 0 radical (unpaired) electrons. The Morgan fingerprint density at radius 2 is 2.06 bits per heavy atom. The van der Waals surface area contributed by atoms with E-state index in [2.05, 4.69) is 55.3 Å². The molecule has 0 amide bonds. The Labute approximate surface area is 111 Å². The highest BCUT2D eigenvalue weighted by atomic mass is 15.3.